The lowest BCUT2D eigenvalue weighted by atomic mass is 9.78. The van der Waals surface area contributed by atoms with Crippen LogP contribution in [0.5, 0.6) is 0 Å². The maximum atomic E-state index is 11.5. The third-order valence-corrected chi connectivity index (χ3v) is 3.35. The standard InChI is InChI=1S/C14H22N2O.ClH/c1-11(16-13(17)9-10-15)14(2,3)12-7-5-4-6-8-12;/h4-8,11H,9-10,15H2,1-3H3,(H,16,17);1H. The molecule has 0 radical (unpaired) electrons. The second-order valence-electron chi connectivity index (χ2n) is 4.92. The van der Waals surface area contributed by atoms with Crippen LogP contribution in [0.3, 0.4) is 0 Å². The van der Waals surface area contributed by atoms with Crippen molar-refractivity contribution in [2.45, 2.75) is 38.6 Å². The first-order chi connectivity index (χ1) is 7.98. The maximum absolute atomic E-state index is 11.5. The number of carbonyl (C=O) groups is 1. The Hall–Kier alpha value is -1.06. The van der Waals surface area contributed by atoms with Crippen LogP contribution in [0, 0.1) is 0 Å². The molecule has 1 aromatic carbocycles. The van der Waals surface area contributed by atoms with Gasteiger partial charge in [-0.1, -0.05) is 44.2 Å². The highest BCUT2D eigenvalue weighted by Gasteiger charge is 2.28. The van der Waals surface area contributed by atoms with E-state index in [-0.39, 0.29) is 29.8 Å². The number of hydrogen-bond donors (Lipinski definition) is 2. The third-order valence-electron chi connectivity index (χ3n) is 3.35. The molecule has 0 bridgehead atoms. The Kier molecular flexibility index (Phi) is 6.96. The van der Waals surface area contributed by atoms with Crippen molar-refractivity contribution in [2.24, 2.45) is 5.73 Å². The predicted octanol–water partition coefficient (Wildman–Crippen LogP) is 2.24. The molecule has 3 nitrogen and oxygen atoms in total. The van der Waals surface area contributed by atoms with Gasteiger partial charge in [-0.05, 0) is 12.5 Å². The fourth-order valence-electron chi connectivity index (χ4n) is 1.74. The van der Waals surface area contributed by atoms with E-state index < -0.39 is 0 Å². The largest absolute Gasteiger partial charge is 0.353 e. The average Bonchev–Trinajstić information content (AvgIpc) is 2.30. The van der Waals surface area contributed by atoms with E-state index in [1.807, 2.05) is 25.1 Å². The summed E-state index contributed by atoms with van der Waals surface area (Å²) in [5.74, 6) is 0.0176. The zero-order valence-electron chi connectivity index (χ0n) is 11.3. The van der Waals surface area contributed by atoms with Crippen molar-refractivity contribution in [1.29, 1.82) is 0 Å². The molecule has 102 valence electrons. The fourth-order valence-corrected chi connectivity index (χ4v) is 1.74. The molecule has 1 unspecified atom stereocenters. The predicted molar refractivity (Wildman–Crippen MR) is 78.0 cm³/mol. The second kappa shape index (κ2) is 7.39. The van der Waals surface area contributed by atoms with Crippen LogP contribution in [0.1, 0.15) is 32.8 Å². The van der Waals surface area contributed by atoms with Crippen LogP contribution in [0.15, 0.2) is 30.3 Å². The molecule has 1 atom stereocenters. The lowest BCUT2D eigenvalue weighted by Gasteiger charge is -2.33. The van der Waals surface area contributed by atoms with Crippen LogP contribution in [0.4, 0.5) is 0 Å². The van der Waals surface area contributed by atoms with Crippen LogP contribution in [-0.2, 0) is 10.2 Å². The van der Waals surface area contributed by atoms with E-state index >= 15 is 0 Å². The Morgan fingerprint density at radius 1 is 1.33 bits per heavy atom. The number of benzene rings is 1. The van der Waals surface area contributed by atoms with Gasteiger partial charge >= 0.3 is 0 Å². The monoisotopic (exact) mass is 270 g/mol. The van der Waals surface area contributed by atoms with Gasteiger partial charge in [-0.3, -0.25) is 4.79 Å². The highest BCUT2D eigenvalue weighted by molar-refractivity contribution is 5.85. The van der Waals surface area contributed by atoms with Gasteiger partial charge in [0.2, 0.25) is 5.91 Å². The molecule has 18 heavy (non-hydrogen) atoms. The zero-order valence-corrected chi connectivity index (χ0v) is 12.1. The first-order valence-corrected chi connectivity index (χ1v) is 6.03. The molecule has 0 aromatic heterocycles. The molecule has 1 amide bonds. The van der Waals surface area contributed by atoms with E-state index in [9.17, 15) is 4.79 Å². The molecule has 1 aromatic rings. The molecule has 0 aliphatic heterocycles. The van der Waals surface area contributed by atoms with Crippen molar-refractivity contribution in [2.75, 3.05) is 6.54 Å². The lowest BCUT2D eigenvalue weighted by Crippen LogP contribution is -2.45. The van der Waals surface area contributed by atoms with Crippen molar-refractivity contribution in [3.8, 4) is 0 Å². The Morgan fingerprint density at radius 3 is 2.39 bits per heavy atom. The molecular weight excluding hydrogens is 248 g/mol. The van der Waals surface area contributed by atoms with E-state index in [1.54, 1.807) is 0 Å². The van der Waals surface area contributed by atoms with Crippen LogP contribution in [0.25, 0.3) is 0 Å². The molecule has 0 aliphatic rings. The maximum Gasteiger partial charge on any atom is 0.221 e. The number of carbonyl (C=O) groups excluding carboxylic acids is 1. The van der Waals surface area contributed by atoms with Gasteiger partial charge in [-0.15, -0.1) is 12.4 Å². The minimum atomic E-state index is -0.0917. The average molecular weight is 271 g/mol. The second-order valence-corrected chi connectivity index (χ2v) is 4.92. The van der Waals surface area contributed by atoms with Crippen molar-refractivity contribution in [1.82, 2.24) is 5.32 Å². The van der Waals surface area contributed by atoms with Gasteiger partial charge in [0.05, 0.1) is 0 Å². The molecule has 0 saturated carbocycles. The van der Waals surface area contributed by atoms with Crippen LogP contribution in [0.2, 0.25) is 0 Å². The van der Waals surface area contributed by atoms with E-state index in [2.05, 4.69) is 31.3 Å². The Morgan fingerprint density at radius 2 is 1.89 bits per heavy atom. The molecule has 0 saturated heterocycles. The number of nitrogens with one attached hydrogen (secondary N) is 1. The van der Waals surface area contributed by atoms with Crippen molar-refractivity contribution >= 4 is 18.3 Å². The summed E-state index contributed by atoms with van der Waals surface area (Å²) in [5.41, 5.74) is 6.50. The third kappa shape index (κ3) is 4.31. The normalized spacial score (nSPS) is 12.4. The van der Waals surface area contributed by atoms with Gasteiger partial charge in [-0.25, -0.2) is 0 Å². The minimum Gasteiger partial charge on any atom is -0.353 e. The van der Waals surface area contributed by atoms with E-state index in [0.29, 0.717) is 13.0 Å². The Balaban J connectivity index is 0.00000289. The van der Waals surface area contributed by atoms with Gasteiger partial charge in [0.25, 0.3) is 0 Å². The summed E-state index contributed by atoms with van der Waals surface area (Å²) in [7, 11) is 0. The van der Waals surface area contributed by atoms with Gasteiger partial charge in [-0.2, -0.15) is 0 Å². The van der Waals surface area contributed by atoms with Crippen LogP contribution < -0.4 is 11.1 Å². The van der Waals surface area contributed by atoms with Crippen LogP contribution in [-0.4, -0.2) is 18.5 Å². The van der Waals surface area contributed by atoms with Crippen molar-refractivity contribution in [3.63, 3.8) is 0 Å². The highest BCUT2D eigenvalue weighted by atomic mass is 35.5. The number of amides is 1. The molecule has 0 aliphatic carbocycles. The lowest BCUT2D eigenvalue weighted by molar-refractivity contribution is -0.121. The number of rotatable bonds is 5. The molecule has 0 fully saturated rings. The number of nitrogens with two attached hydrogens (primary N) is 1. The summed E-state index contributed by atoms with van der Waals surface area (Å²) in [4.78, 5) is 11.5. The molecule has 0 spiro atoms. The SMILES string of the molecule is CC(NC(=O)CCN)C(C)(C)c1ccccc1.Cl. The number of hydrogen-bond acceptors (Lipinski definition) is 2. The van der Waals surface area contributed by atoms with Gasteiger partial charge < -0.3 is 11.1 Å². The summed E-state index contributed by atoms with van der Waals surface area (Å²) < 4.78 is 0. The molecule has 1 rings (SSSR count). The fraction of sp³-hybridized carbons (Fsp3) is 0.500. The number of halogens is 1. The van der Waals surface area contributed by atoms with E-state index in [0.717, 1.165) is 0 Å². The Bertz CT molecular complexity index is 365. The topological polar surface area (TPSA) is 55.1 Å². The van der Waals surface area contributed by atoms with E-state index in [4.69, 9.17) is 5.73 Å². The quantitative estimate of drug-likeness (QED) is 0.862. The zero-order chi connectivity index (χ0) is 12.9. The minimum absolute atomic E-state index is 0. The van der Waals surface area contributed by atoms with Gasteiger partial charge in [0.15, 0.2) is 0 Å². The molecule has 4 heteroatoms. The molecule has 3 N–H and O–H groups in total. The smallest absolute Gasteiger partial charge is 0.221 e. The first kappa shape index (κ1) is 16.9. The molecule has 0 heterocycles. The highest BCUT2D eigenvalue weighted by Crippen LogP contribution is 2.26. The van der Waals surface area contributed by atoms with Crippen molar-refractivity contribution in [3.05, 3.63) is 35.9 Å². The summed E-state index contributed by atoms with van der Waals surface area (Å²) in [6, 6.07) is 10.3. The van der Waals surface area contributed by atoms with Gasteiger partial charge in [0, 0.05) is 24.4 Å². The van der Waals surface area contributed by atoms with E-state index in [1.165, 1.54) is 5.56 Å². The summed E-state index contributed by atoms with van der Waals surface area (Å²) >= 11 is 0. The van der Waals surface area contributed by atoms with Gasteiger partial charge in [0.1, 0.15) is 0 Å². The summed E-state index contributed by atoms with van der Waals surface area (Å²) in [5, 5.41) is 3.00. The summed E-state index contributed by atoms with van der Waals surface area (Å²) in [6.07, 6.45) is 0.384. The first-order valence-electron chi connectivity index (χ1n) is 6.03. The molecular formula is C14H23ClN2O. The van der Waals surface area contributed by atoms with Crippen LogP contribution >= 0.6 is 12.4 Å². The van der Waals surface area contributed by atoms with Crippen molar-refractivity contribution < 1.29 is 4.79 Å². The summed E-state index contributed by atoms with van der Waals surface area (Å²) in [6.45, 7) is 6.69. The Labute approximate surface area is 116 Å².